The molecule has 2 aromatic rings. The summed E-state index contributed by atoms with van der Waals surface area (Å²) in [6, 6.07) is 8.08. The van der Waals surface area contributed by atoms with Crippen molar-refractivity contribution in [1.29, 1.82) is 0 Å². The molecular weight excluding hydrogens is 260 g/mol. The van der Waals surface area contributed by atoms with Crippen molar-refractivity contribution in [2.75, 3.05) is 13.1 Å². The normalized spacial score (nSPS) is 17.2. The van der Waals surface area contributed by atoms with Gasteiger partial charge in [-0.2, -0.15) is 0 Å². The van der Waals surface area contributed by atoms with E-state index in [2.05, 4.69) is 20.5 Å². The van der Waals surface area contributed by atoms with E-state index in [1.165, 1.54) is 0 Å². The Balaban J connectivity index is 1.86. The van der Waals surface area contributed by atoms with Gasteiger partial charge in [-0.25, -0.2) is 4.98 Å². The lowest BCUT2D eigenvalue weighted by Crippen LogP contribution is -2.39. The van der Waals surface area contributed by atoms with Crippen molar-refractivity contribution in [3.63, 3.8) is 0 Å². The lowest BCUT2D eigenvalue weighted by Gasteiger charge is -2.34. The van der Waals surface area contributed by atoms with Crippen LogP contribution in [-0.4, -0.2) is 27.5 Å². The number of benzene rings is 1. The van der Waals surface area contributed by atoms with E-state index in [1.54, 1.807) is 0 Å². The molecule has 5 heteroatoms. The summed E-state index contributed by atoms with van der Waals surface area (Å²) in [6.45, 7) is 3.30. The summed E-state index contributed by atoms with van der Waals surface area (Å²) < 4.78 is 2.19. The topological polar surface area (TPSA) is 47.1 Å². The zero-order valence-corrected chi connectivity index (χ0v) is 11.4. The Morgan fingerprint density at radius 3 is 2.95 bits per heavy atom. The number of halogens is 1. The number of nitrogens with two attached hydrogens (primary N) is 1. The molecular formula is C14H17ClN4. The Labute approximate surface area is 117 Å². The smallest absolute Gasteiger partial charge is 0.122 e. The van der Waals surface area contributed by atoms with Gasteiger partial charge in [-0.15, -0.1) is 0 Å². The maximum atomic E-state index is 6.29. The minimum absolute atomic E-state index is 0.152. The van der Waals surface area contributed by atoms with Crippen LogP contribution in [0, 0.1) is 0 Å². The number of hydrogen-bond donors (Lipinski definition) is 1. The van der Waals surface area contributed by atoms with E-state index in [-0.39, 0.29) is 6.04 Å². The lowest BCUT2D eigenvalue weighted by molar-refractivity contribution is 0.156. The summed E-state index contributed by atoms with van der Waals surface area (Å²) in [5.41, 5.74) is 7.08. The number of aromatic nitrogens is 2. The van der Waals surface area contributed by atoms with Gasteiger partial charge < -0.3 is 10.3 Å². The van der Waals surface area contributed by atoms with Crippen LogP contribution in [0.2, 0.25) is 5.02 Å². The molecule has 19 heavy (non-hydrogen) atoms. The molecule has 100 valence electrons. The van der Waals surface area contributed by atoms with E-state index in [1.807, 2.05) is 30.6 Å². The van der Waals surface area contributed by atoms with Crippen LogP contribution in [0.4, 0.5) is 0 Å². The molecule has 2 heterocycles. The first-order valence-electron chi connectivity index (χ1n) is 6.48. The highest BCUT2D eigenvalue weighted by Gasteiger charge is 2.25. The minimum Gasteiger partial charge on any atom is -0.333 e. The molecule has 4 nitrogen and oxygen atoms in total. The van der Waals surface area contributed by atoms with E-state index in [9.17, 15) is 0 Å². The molecule has 0 aliphatic carbocycles. The number of rotatable bonds is 3. The van der Waals surface area contributed by atoms with Gasteiger partial charge in [0.15, 0.2) is 0 Å². The van der Waals surface area contributed by atoms with Gasteiger partial charge in [0, 0.05) is 43.1 Å². The highest BCUT2D eigenvalue weighted by molar-refractivity contribution is 6.31. The fourth-order valence-corrected chi connectivity index (χ4v) is 2.94. The van der Waals surface area contributed by atoms with Gasteiger partial charge in [-0.05, 0) is 11.6 Å². The molecule has 1 aromatic heterocycles. The first-order valence-corrected chi connectivity index (χ1v) is 6.86. The van der Waals surface area contributed by atoms with Gasteiger partial charge in [-0.3, -0.25) is 4.90 Å². The average molecular weight is 277 g/mol. The summed E-state index contributed by atoms with van der Waals surface area (Å²) in [5, 5.41) is 0.784. The molecule has 3 rings (SSSR count). The molecule has 0 bridgehead atoms. The molecule has 1 unspecified atom stereocenters. The van der Waals surface area contributed by atoms with Gasteiger partial charge in [0.25, 0.3) is 0 Å². The summed E-state index contributed by atoms with van der Waals surface area (Å²) in [6.07, 6.45) is 3.88. The van der Waals surface area contributed by atoms with E-state index in [4.69, 9.17) is 17.3 Å². The standard InChI is InChI=1S/C14H17ClN4/c15-12-4-2-1-3-11(12)13(9-16)19-8-7-18-6-5-17-14(18)10-19/h1-6,13H,7-10,16H2. The Bertz CT molecular complexity index is 566. The Morgan fingerprint density at radius 2 is 2.16 bits per heavy atom. The van der Waals surface area contributed by atoms with E-state index < -0.39 is 0 Å². The summed E-state index contributed by atoms with van der Waals surface area (Å²) in [4.78, 5) is 6.74. The molecule has 0 fully saturated rings. The fourth-order valence-electron chi connectivity index (χ4n) is 2.68. The van der Waals surface area contributed by atoms with Crippen molar-refractivity contribution in [3.8, 4) is 0 Å². The second-order valence-electron chi connectivity index (χ2n) is 4.78. The van der Waals surface area contributed by atoms with Crippen LogP contribution in [0.3, 0.4) is 0 Å². The number of nitrogens with zero attached hydrogens (tertiary/aromatic N) is 3. The third-order valence-corrected chi connectivity index (χ3v) is 4.05. The van der Waals surface area contributed by atoms with Crippen LogP contribution in [0.15, 0.2) is 36.7 Å². The van der Waals surface area contributed by atoms with Gasteiger partial charge in [0.1, 0.15) is 5.82 Å². The van der Waals surface area contributed by atoms with Crippen LogP contribution in [0.25, 0.3) is 0 Å². The highest BCUT2D eigenvalue weighted by Crippen LogP contribution is 2.29. The summed E-state index contributed by atoms with van der Waals surface area (Å²) in [5.74, 6) is 1.09. The molecule has 1 aliphatic rings. The van der Waals surface area contributed by atoms with Crippen molar-refractivity contribution >= 4 is 11.6 Å². The van der Waals surface area contributed by atoms with Crippen molar-refractivity contribution in [2.24, 2.45) is 5.73 Å². The van der Waals surface area contributed by atoms with Gasteiger partial charge in [-0.1, -0.05) is 29.8 Å². The van der Waals surface area contributed by atoms with Crippen LogP contribution < -0.4 is 5.73 Å². The van der Waals surface area contributed by atoms with Crippen molar-refractivity contribution in [3.05, 3.63) is 53.1 Å². The highest BCUT2D eigenvalue weighted by atomic mass is 35.5. The molecule has 1 aliphatic heterocycles. The Morgan fingerprint density at radius 1 is 1.32 bits per heavy atom. The zero-order valence-electron chi connectivity index (χ0n) is 10.7. The zero-order chi connectivity index (χ0) is 13.2. The van der Waals surface area contributed by atoms with E-state index in [0.29, 0.717) is 6.54 Å². The van der Waals surface area contributed by atoms with Crippen LogP contribution in [0.1, 0.15) is 17.4 Å². The maximum Gasteiger partial charge on any atom is 0.122 e. The number of imidazole rings is 1. The molecule has 0 amide bonds. The largest absolute Gasteiger partial charge is 0.333 e. The first-order chi connectivity index (χ1) is 9.29. The first kappa shape index (κ1) is 12.7. The van der Waals surface area contributed by atoms with Crippen LogP contribution in [0.5, 0.6) is 0 Å². The molecule has 0 saturated heterocycles. The fraction of sp³-hybridized carbons (Fsp3) is 0.357. The van der Waals surface area contributed by atoms with Gasteiger partial charge in [0.2, 0.25) is 0 Å². The number of fused-ring (bicyclic) bond motifs is 1. The van der Waals surface area contributed by atoms with Gasteiger partial charge in [0.05, 0.1) is 6.54 Å². The van der Waals surface area contributed by atoms with Crippen LogP contribution in [-0.2, 0) is 13.1 Å². The molecule has 0 saturated carbocycles. The van der Waals surface area contributed by atoms with Crippen molar-refractivity contribution < 1.29 is 0 Å². The predicted molar refractivity (Wildman–Crippen MR) is 75.9 cm³/mol. The summed E-state index contributed by atoms with van der Waals surface area (Å²) in [7, 11) is 0. The Hall–Kier alpha value is -1.36. The third-order valence-electron chi connectivity index (χ3n) is 3.70. The second-order valence-corrected chi connectivity index (χ2v) is 5.19. The minimum atomic E-state index is 0.152. The summed E-state index contributed by atoms with van der Waals surface area (Å²) >= 11 is 6.29. The van der Waals surface area contributed by atoms with Gasteiger partial charge >= 0.3 is 0 Å². The van der Waals surface area contributed by atoms with E-state index >= 15 is 0 Å². The third kappa shape index (κ3) is 2.39. The Kier molecular flexibility index (Phi) is 3.55. The van der Waals surface area contributed by atoms with Crippen molar-refractivity contribution in [1.82, 2.24) is 14.5 Å². The molecule has 1 aromatic carbocycles. The predicted octanol–water partition coefficient (Wildman–Crippen LogP) is 2.05. The SMILES string of the molecule is NCC(c1ccccc1Cl)N1CCn2ccnc2C1. The lowest BCUT2D eigenvalue weighted by atomic mass is 10.0. The van der Waals surface area contributed by atoms with E-state index in [0.717, 1.165) is 36.0 Å². The quantitative estimate of drug-likeness (QED) is 0.933. The maximum absolute atomic E-state index is 6.29. The average Bonchev–Trinajstić information content (AvgIpc) is 2.89. The molecule has 1 atom stereocenters. The van der Waals surface area contributed by atoms with Crippen molar-refractivity contribution in [2.45, 2.75) is 19.1 Å². The molecule has 0 radical (unpaired) electrons. The number of hydrogen-bond acceptors (Lipinski definition) is 3. The second kappa shape index (κ2) is 5.33. The monoisotopic (exact) mass is 276 g/mol. The molecule has 0 spiro atoms. The molecule has 2 N–H and O–H groups in total. The van der Waals surface area contributed by atoms with Crippen LogP contribution >= 0.6 is 11.6 Å².